The molecular weight excluding hydrogens is 260 g/mol. The van der Waals surface area contributed by atoms with Crippen LogP contribution in [0.4, 0.5) is 0 Å². The van der Waals surface area contributed by atoms with Gasteiger partial charge < -0.3 is 10.2 Å². The highest BCUT2D eigenvalue weighted by Gasteiger charge is 2.16. The van der Waals surface area contributed by atoms with E-state index in [2.05, 4.69) is 20.8 Å². The predicted molar refractivity (Wildman–Crippen MR) is 90.2 cm³/mol. The van der Waals surface area contributed by atoms with Crippen molar-refractivity contribution in [1.82, 2.24) is 0 Å². The van der Waals surface area contributed by atoms with Gasteiger partial charge in [-0.3, -0.25) is 0 Å². The van der Waals surface area contributed by atoms with Gasteiger partial charge in [0.15, 0.2) is 11.5 Å². The standard InChI is InChI=1S/C19H32O2/c1-4-7-10-13-17-16(12-9-6-3)15(11-8-5-2)14-18(20)19(17)21/h14,20-21H,4-13H2,1-3H3. The van der Waals surface area contributed by atoms with Crippen LogP contribution >= 0.6 is 0 Å². The molecule has 0 radical (unpaired) electrons. The number of hydrogen-bond donors (Lipinski definition) is 2. The third kappa shape index (κ3) is 5.26. The van der Waals surface area contributed by atoms with Crippen LogP contribution in [0.25, 0.3) is 0 Å². The summed E-state index contributed by atoms with van der Waals surface area (Å²) < 4.78 is 0. The molecule has 0 heterocycles. The van der Waals surface area contributed by atoms with Crippen LogP contribution in [0.15, 0.2) is 6.07 Å². The Balaban J connectivity index is 3.10. The van der Waals surface area contributed by atoms with E-state index < -0.39 is 0 Å². The first-order valence-corrected chi connectivity index (χ1v) is 8.71. The van der Waals surface area contributed by atoms with Gasteiger partial charge in [-0.2, -0.15) is 0 Å². The van der Waals surface area contributed by atoms with Crippen molar-refractivity contribution in [3.8, 4) is 11.5 Å². The van der Waals surface area contributed by atoms with E-state index in [0.717, 1.165) is 56.9 Å². The third-order valence-corrected chi connectivity index (χ3v) is 4.20. The van der Waals surface area contributed by atoms with Gasteiger partial charge >= 0.3 is 0 Å². The van der Waals surface area contributed by atoms with Gasteiger partial charge in [0.2, 0.25) is 0 Å². The number of unbranched alkanes of at least 4 members (excludes halogenated alkanes) is 4. The maximum absolute atomic E-state index is 10.3. The summed E-state index contributed by atoms with van der Waals surface area (Å²) in [6.45, 7) is 6.57. The number of benzene rings is 1. The molecule has 0 aliphatic carbocycles. The van der Waals surface area contributed by atoms with Crippen molar-refractivity contribution in [3.05, 3.63) is 22.8 Å². The Hall–Kier alpha value is -1.18. The van der Waals surface area contributed by atoms with Crippen LogP contribution < -0.4 is 0 Å². The van der Waals surface area contributed by atoms with Gasteiger partial charge in [0.05, 0.1) is 0 Å². The van der Waals surface area contributed by atoms with Gasteiger partial charge in [-0.25, -0.2) is 0 Å². The summed E-state index contributed by atoms with van der Waals surface area (Å²) in [7, 11) is 0. The number of hydrogen-bond acceptors (Lipinski definition) is 2. The van der Waals surface area contributed by atoms with Crippen molar-refractivity contribution >= 4 is 0 Å². The quantitative estimate of drug-likeness (QED) is 0.440. The van der Waals surface area contributed by atoms with Crippen LogP contribution in [0.2, 0.25) is 0 Å². The summed E-state index contributed by atoms with van der Waals surface area (Å²) >= 11 is 0. The van der Waals surface area contributed by atoms with E-state index in [4.69, 9.17) is 0 Å². The molecule has 0 atom stereocenters. The van der Waals surface area contributed by atoms with Gasteiger partial charge in [0, 0.05) is 5.56 Å². The van der Waals surface area contributed by atoms with E-state index in [-0.39, 0.29) is 11.5 Å². The summed E-state index contributed by atoms with van der Waals surface area (Å²) in [5.41, 5.74) is 3.55. The first-order valence-electron chi connectivity index (χ1n) is 8.71. The second-order valence-corrected chi connectivity index (χ2v) is 6.02. The maximum Gasteiger partial charge on any atom is 0.160 e. The van der Waals surface area contributed by atoms with Gasteiger partial charge in [0.25, 0.3) is 0 Å². The van der Waals surface area contributed by atoms with Crippen LogP contribution in [-0.2, 0) is 19.3 Å². The summed E-state index contributed by atoms with van der Waals surface area (Å²) in [5, 5.41) is 20.3. The molecule has 0 spiro atoms. The lowest BCUT2D eigenvalue weighted by Crippen LogP contribution is -2.02. The molecule has 0 saturated heterocycles. The summed E-state index contributed by atoms with van der Waals surface area (Å²) in [5.74, 6) is 0.185. The maximum atomic E-state index is 10.3. The lowest BCUT2D eigenvalue weighted by Gasteiger charge is -2.18. The predicted octanol–water partition coefficient (Wildman–Crippen LogP) is 5.52. The molecule has 0 fully saturated rings. The SMILES string of the molecule is CCCCCc1c(O)c(O)cc(CCCC)c1CCCC. The molecule has 2 nitrogen and oxygen atoms in total. The first-order chi connectivity index (χ1) is 10.2. The largest absolute Gasteiger partial charge is 0.504 e. The van der Waals surface area contributed by atoms with Crippen molar-refractivity contribution in [2.45, 2.75) is 85.0 Å². The van der Waals surface area contributed by atoms with Crippen LogP contribution in [0.3, 0.4) is 0 Å². The molecule has 0 aromatic heterocycles. The topological polar surface area (TPSA) is 40.5 Å². The first kappa shape index (κ1) is 17.9. The number of phenols is 2. The Morgan fingerprint density at radius 2 is 1.29 bits per heavy atom. The van der Waals surface area contributed by atoms with E-state index in [1.165, 1.54) is 24.0 Å². The Bertz CT molecular complexity index is 424. The van der Waals surface area contributed by atoms with E-state index >= 15 is 0 Å². The van der Waals surface area contributed by atoms with Gasteiger partial charge in [-0.1, -0.05) is 46.5 Å². The van der Waals surface area contributed by atoms with Crippen LogP contribution in [0, 0.1) is 0 Å². The minimum atomic E-state index is 0.0628. The molecule has 0 bridgehead atoms. The highest BCUT2D eigenvalue weighted by molar-refractivity contribution is 5.53. The third-order valence-electron chi connectivity index (χ3n) is 4.20. The number of rotatable bonds is 10. The molecule has 1 rings (SSSR count). The zero-order valence-corrected chi connectivity index (χ0v) is 14.0. The van der Waals surface area contributed by atoms with Crippen molar-refractivity contribution in [3.63, 3.8) is 0 Å². The zero-order chi connectivity index (χ0) is 15.7. The second kappa shape index (κ2) is 9.70. The fourth-order valence-corrected chi connectivity index (χ4v) is 2.89. The molecule has 0 aliphatic rings. The van der Waals surface area contributed by atoms with Crippen molar-refractivity contribution < 1.29 is 10.2 Å². The number of aromatic hydroxyl groups is 2. The summed E-state index contributed by atoms with van der Waals surface area (Å²) in [6, 6.07) is 1.79. The molecule has 120 valence electrons. The number of aryl methyl sites for hydroxylation is 1. The molecule has 2 N–H and O–H groups in total. The smallest absolute Gasteiger partial charge is 0.160 e. The van der Waals surface area contributed by atoms with Crippen molar-refractivity contribution in [1.29, 1.82) is 0 Å². The highest BCUT2D eigenvalue weighted by atomic mass is 16.3. The van der Waals surface area contributed by atoms with Crippen LogP contribution in [-0.4, -0.2) is 10.2 Å². The summed E-state index contributed by atoms with van der Waals surface area (Å²) in [4.78, 5) is 0. The van der Waals surface area contributed by atoms with Crippen LogP contribution in [0.1, 0.15) is 82.4 Å². The van der Waals surface area contributed by atoms with Crippen LogP contribution in [0.5, 0.6) is 11.5 Å². The average Bonchev–Trinajstić information content (AvgIpc) is 2.48. The molecule has 1 aromatic rings. The van der Waals surface area contributed by atoms with Crippen molar-refractivity contribution in [2.24, 2.45) is 0 Å². The molecule has 2 heteroatoms. The lowest BCUT2D eigenvalue weighted by molar-refractivity contribution is 0.396. The Morgan fingerprint density at radius 3 is 1.90 bits per heavy atom. The van der Waals surface area contributed by atoms with E-state index in [9.17, 15) is 10.2 Å². The molecule has 21 heavy (non-hydrogen) atoms. The average molecular weight is 292 g/mol. The fraction of sp³-hybridized carbons (Fsp3) is 0.684. The molecule has 0 unspecified atom stereocenters. The Morgan fingerprint density at radius 1 is 0.714 bits per heavy atom. The van der Waals surface area contributed by atoms with Gasteiger partial charge in [0.1, 0.15) is 0 Å². The second-order valence-electron chi connectivity index (χ2n) is 6.02. The Labute approximate surface area is 130 Å². The molecular formula is C19H32O2. The Kier molecular flexibility index (Phi) is 8.26. The summed E-state index contributed by atoms with van der Waals surface area (Å²) in [6.07, 6.45) is 10.9. The van der Waals surface area contributed by atoms with Crippen molar-refractivity contribution in [2.75, 3.05) is 0 Å². The van der Waals surface area contributed by atoms with E-state index in [1.807, 2.05) is 0 Å². The minimum Gasteiger partial charge on any atom is -0.504 e. The molecule has 1 aromatic carbocycles. The molecule has 0 aliphatic heterocycles. The zero-order valence-electron chi connectivity index (χ0n) is 14.0. The lowest BCUT2D eigenvalue weighted by atomic mass is 9.89. The molecule has 0 saturated carbocycles. The highest BCUT2D eigenvalue weighted by Crippen LogP contribution is 2.36. The van der Waals surface area contributed by atoms with E-state index in [0.29, 0.717) is 0 Å². The number of phenolic OH excluding ortho intramolecular Hbond substituents is 2. The normalized spacial score (nSPS) is 11.0. The van der Waals surface area contributed by atoms with Gasteiger partial charge in [-0.15, -0.1) is 0 Å². The van der Waals surface area contributed by atoms with E-state index in [1.54, 1.807) is 6.07 Å². The fourth-order valence-electron chi connectivity index (χ4n) is 2.89. The monoisotopic (exact) mass is 292 g/mol. The van der Waals surface area contributed by atoms with Gasteiger partial charge in [-0.05, 0) is 55.7 Å². The minimum absolute atomic E-state index is 0.0628. The molecule has 0 amide bonds.